The molecule has 116 valence electrons. The maximum atomic E-state index is 12.0. The Morgan fingerprint density at radius 1 is 1.04 bits per heavy atom. The predicted octanol–water partition coefficient (Wildman–Crippen LogP) is 5.27. The molecule has 0 aliphatic rings. The van der Waals surface area contributed by atoms with Crippen LogP contribution in [0.1, 0.15) is 0 Å². The minimum Gasteiger partial charge on any atom is -0.308 e. The molecular formula is C15H10BrClN4OS. The van der Waals surface area contributed by atoms with Gasteiger partial charge in [-0.1, -0.05) is 57.1 Å². The van der Waals surface area contributed by atoms with Gasteiger partial charge in [0.15, 0.2) is 5.01 Å². The number of amides is 2. The molecule has 0 radical (unpaired) electrons. The lowest BCUT2D eigenvalue weighted by molar-refractivity contribution is 0.262. The molecule has 3 rings (SSSR count). The van der Waals surface area contributed by atoms with Crippen LogP contribution in [-0.4, -0.2) is 16.2 Å². The highest BCUT2D eigenvalue weighted by molar-refractivity contribution is 9.10. The van der Waals surface area contributed by atoms with E-state index in [1.165, 1.54) is 11.3 Å². The Hall–Kier alpha value is -1.96. The lowest BCUT2D eigenvalue weighted by atomic mass is 10.2. The molecule has 8 heteroatoms. The van der Waals surface area contributed by atoms with Gasteiger partial charge >= 0.3 is 6.03 Å². The number of benzene rings is 2. The maximum Gasteiger partial charge on any atom is 0.325 e. The Balaban J connectivity index is 1.68. The molecule has 0 saturated carbocycles. The number of halogens is 2. The molecule has 0 unspecified atom stereocenters. The van der Waals surface area contributed by atoms with Crippen molar-refractivity contribution < 1.29 is 4.79 Å². The number of nitrogens with one attached hydrogen (secondary N) is 2. The van der Waals surface area contributed by atoms with Crippen LogP contribution in [0.2, 0.25) is 5.02 Å². The highest BCUT2D eigenvalue weighted by Gasteiger charge is 2.11. The Kier molecular flexibility index (Phi) is 4.90. The van der Waals surface area contributed by atoms with Gasteiger partial charge in [0.2, 0.25) is 5.13 Å². The van der Waals surface area contributed by atoms with Crippen LogP contribution in [0.3, 0.4) is 0 Å². The van der Waals surface area contributed by atoms with E-state index >= 15 is 0 Å². The Labute approximate surface area is 149 Å². The zero-order valence-corrected chi connectivity index (χ0v) is 14.7. The van der Waals surface area contributed by atoms with Crippen molar-refractivity contribution in [2.45, 2.75) is 0 Å². The number of aromatic nitrogens is 2. The van der Waals surface area contributed by atoms with Crippen molar-refractivity contribution in [3.05, 3.63) is 58.0 Å². The minimum atomic E-state index is -0.387. The van der Waals surface area contributed by atoms with Gasteiger partial charge in [0.1, 0.15) is 0 Å². The Bertz CT molecular complexity index is 838. The number of hydrogen-bond donors (Lipinski definition) is 2. The van der Waals surface area contributed by atoms with Crippen LogP contribution in [0.4, 0.5) is 15.6 Å². The number of urea groups is 1. The molecular weight excluding hydrogens is 400 g/mol. The lowest BCUT2D eigenvalue weighted by Crippen LogP contribution is -2.19. The van der Waals surface area contributed by atoms with E-state index in [2.05, 4.69) is 36.8 Å². The summed E-state index contributed by atoms with van der Waals surface area (Å²) in [6, 6.07) is 14.2. The van der Waals surface area contributed by atoms with Gasteiger partial charge in [0.25, 0.3) is 0 Å². The van der Waals surface area contributed by atoms with Crippen LogP contribution in [0.5, 0.6) is 0 Å². The summed E-state index contributed by atoms with van der Waals surface area (Å²) in [4.78, 5) is 12.0. The fraction of sp³-hybridized carbons (Fsp3) is 0. The first-order valence-corrected chi connectivity index (χ1v) is 8.52. The largest absolute Gasteiger partial charge is 0.325 e. The average molecular weight is 410 g/mol. The third kappa shape index (κ3) is 4.07. The summed E-state index contributed by atoms with van der Waals surface area (Å²) >= 11 is 10.6. The number of anilines is 2. The number of nitrogens with zero attached hydrogens (tertiary/aromatic N) is 2. The number of carbonyl (C=O) groups is 1. The van der Waals surface area contributed by atoms with E-state index < -0.39 is 0 Å². The Morgan fingerprint density at radius 2 is 1.78 bits per heavy atom. The normalized spacial score (nSPS) is 10.3. The van der Waals surface area contributed by atoms with Crippen LogP contribution in [0.25, 0.3) is 10.6 Å². The van der Waals surface area contributed by atoms with Crippen molar-refractivity contribution in [2.75, 3.05) is 10.6 Å². The summed E-state index contributed by atoms with van der Waals surface area (Å²) in [5, 5.41) is 15.2. The molecule has 23 heavy (non-hydrogen) atoms. The third-order valence-electron chi connectivity index (χ3n) is 2.85. The fourth-order valence-electron chi connectivity index (χ4n) is 1.81. The van der Waals surface area contributed by atoms with E-state index in [0.29, 0.717) is 15.8 Å². The highest BCUT2D eigenvalue weighted by Crippen LogP contribution is 2.31. The molecule has 5 nitrogen and oxygen atoms in total. The van der Waals surface area contributed by atoms with Crippen molar-refractivity contribution in [3.63, 3.8) is 0 Å². The second-order valence-corrected chi connectivity index (χ2v) is 6.75. The van der Waals surface area contributed by atoms with Crippen molar-refractivity contribution in [1.29, 1.82) is 0 Å². The molecule has 0 saturated heterocycles. The molecule has 0 fully saturated rings. The van der Waals surface area contributed by atoms with Gasteiger partial charge in [-0.05, 0) is 30.3 Å². The molecule has 2 N–H and O–H groups in total. The SMILES string of the molecule is O=C(Nc1ccc(Cl)cc1)Nc1nnc(-c2ccccc2Br)s1. The monoisotopic (exact) mass is 408 g/mol. The first kappa shape index (κ1) is 15.9. The van der Waals surface area contributed by atoms with Crippen LogP contribution >= 0.6 is 38.9 Å². The van der Waals surface area contributed by atoms with Gasteiger partial charge in [0, 0.05) is 20.7 Å². The predicted molar refractivity (Wildman–Crippen MR) is 97.1 cm³/mol. The van der Waals surface area contributed by atoms with Gasteiger partial charge in [-0.2, -0.15) is 0 Å². The third-order valence-corrected chi connectivity index (χ3v) is 4.67. The van der Waals surface area contributed by atoms with Crippen LogP contribution < -0.4 is 10.6 Å². The van der Waals surface area contributed by atoms with E-state index in [1.807, 2.05) is 24.3 Å². The molecule has 0 aliphatic heterocycles. The van der Waals surface area contributed by atoms with Crippen molar-refractivity contribution in [2.24, 2.45) is 0 Å². The van der Waals surface area contributed by atoms with Gasteiger partial charge in [-0.25, -0.2) is 4.79 Å². The highest BCUT2D eigenvalue weighted by atomic mass is 79.9. The van der Waals surface area contributed by atoms with Crippen molar-refractivity contribution in [1.82, 2.24) is 10.2 Å². The van der Waals surface area contributed by atoms with E-state index in [-0.39, 0.29) is 6.03 Å². The summed E-state index contributed by atoms with van der Waals surface area (Å²) in [5.41, 5.74) is 1.57. The first-order valence-electron chi connectivity index (χ1n) is 6.54. The zero-order chi connectivity index (χ0) is 16.2. The van der Waals surface area contributed by atoms with E-state index in [4.69, 9.17) is 11.6 Å². The topological polar surface area (TPSA) is 66.9 Å². The van der Waals surface area contributed by atoms with Crippen LogP contribution in [0, 0.1) is 0 Å². The lowest BCUT2D eigenvalue weighted by Gasteiger charge is -2.04. The van der Waals surface area contributed by atoms with Gasteiger partial charge in [0.05, 0.1) is 0 Å². The summed E-state index contributed by atoms with van der Waals surface area (Å²) in [6.45, 7) is 0. The van der Waals surface area contributed by atoms with Crippen LogP contribution in [0.15, 0.2) is 53.0 Å². The van der Waals surface area contributed by atoms with E-state index in [0.717, 1.165) is 15.0 Å². The molecule has 0 aliphatic carbocycles. The molecule has 0 bridgehead atoms. The molecule has 3 aromatic rings. The molecule has 1 aromatic heterocycles. The van der Waals surface area contributed by atoms with Crippen molar-refractivity contribution >= 4 is 55.7 Å². The number of hydrogen-bond acceptors (Lipinski definition) is 4. The summed E-state index contributed by atoms with van der Waals surface area (Å²) in [7, 11) is 0. The zero-order valence-electron chi connectivity index (χ0n) is 11.6. The summed E-state index contributed by atoms with van der Waals surface area (Å²) in [6.07, 6.45) is 0. The molecule has 0 atom stereocenters. The van der Waals surface area contributed by atoms with Gasteiger partial charge < -0.3 is 5.32 Å². The Morgan fingerprint density at radius 3 is 2.52 bits per heavy atom. The fourth-order valence-corrected chi connectivity index (χ4v) is 3.32. The van der Waals surface area contributed by atoms with E-state index in [9.17, 15) is 4.79 Å². The first-order chi connectivity index (χ1) is 11.1. The van der Waals surface area contributed by atoms with Crippen LogP contribution in [-0.2, 0) is 0 Å². The molecule has 2 aromatic carbocycles. The minimum absolute atomic E-state index is 0.387. The standard InChI is InChI=1S/C15H10BrClN4OS/c16-12-4-2-1-3-11(12)13-20-21-15(23-13)19-14(22)18-10-7-5-9(17)6-8-10/h1-8H,(H2,18,19,21,22). The molecule has 2 amide bonds. The van der Waals surface area contributed by atoms with Gasteiger partial charge in [-0.15, -0.1) is 10.2 Å². The second kappa shape index (κ2) is 7.08. The number of rotatable bonds is 3. The van der Waals surface area contributed by atoms with Gasteiger partial charge in [-0.3, -0.25) is 5.32 Å². The smallest absolute Gasteiger partial charge is 0.308 e. The number of carbonyl (C=O) groups excluding carboxylic acids is 1. The maximum absolute atomic E-state index is 12.0. The quantitative estimate of drug-likeness (QED) is 0.619. The summed E-state index contributed by atoms with van der Waals surface area (Å²) < 4.78 is 0.924. The average Bonchev–Trinajstić information content (AvgIpc) is 2.98. The van der Waals surface area contributed by atoms with Crippen molar-refractivity contribution in [3.8, 4) is 10.6 Å². The second-order valence-electron chi connectivity index (χ2n) is 4.48. The summed E-state index contributed by atoms with van der Waals surface area (Å²) in [5.74, 6) is 0. The molecule has 0 spiro atoms. The molecule has 1 heterocycles. The van der Waals surface area contributed by atoms with E-state index in [1.54, 1.807) is 24.3 Å².